The minimum absolute atomic E-state index is 0.00913. The number of halogens is 2. The van der Waals surface area contributed by atoms with Gasteiger partial charge in [-0.1, -0.05) is 47.7 Å². The zero-order valence-electron chi connectivity index (χ0n) is 19.3. The van der Waals surface area contributed by atoms with Crippen LogP contribution in [0.4, 0.5) is 19.6 Å². The van der Waals surface area contributed by atoms with E-state index >= 15 is 0 Å². The Hall–Kier alpha value is -4.05. The molecule has 10 heteroatoms. The van der Waals surface area contributed by atoms with Crippen molar-refractivity contribution in [3.63, 3.8) is 0 Å². The summed E-state index contributed by atoms with van der Waals surface area (Å²) in [5.74, 6) is -2.58. The minimum Gasteiger partial charge on any atom is -0.494 e. The van der Waals surface area contributed by atoms with Gasteiger partial charge in [-0.3, -0.25) is 14.9 Å². The van der Waals surface area contributed by atoms with E-state index in [0.717, 1.165) is 22.4 Å². The van der Waals surface area contributed by atoms with Crippen LogP contribution in [0.5, 0.6) is 5.75 Å². The van der Waals surface area contributed by atoms with Crippen molar-refractivity contribution < 1.29 is 23.1 Å². The monoisotopic (exact) mass is 508 g/mol. The van der Waals surface area contributed by atoms with E-state index in [-0.39, 0.29) is 23.3 Å². The SMILES string of the molecule is COc1cccc2sc(NC(=O)c3c(F)cc(N4CCN(Cc5ccccc5)C(=O)C4)cc3F)nc12. The second kappa shape index (κ2) is 9.90. The maximum absolute atomic E-state index is 14.9. The van der Waals surface area contributed by atoms with Gasteiger partial charge in [0.05, 0.1) is 18.4 Å². The van der Waals surface area contributed by atoms with Crippen LogP contribution >= 0.6 is 11.3 Å². The molecule has 1 saturated heterocycles. The third-order valence-electron chi connectivity index (χ3n) is 5.98. The lowest BCUT2D eigenvalue weighted by molar-refractivity contribution is -0.131. The summed E-state index contributed by atoms with van der Waals surface area (Å²) in [5.41, 5.74) is 1.06. The number of anilines is 2. The lowest BCUT2D eigenvalue weighted by Crippen LogP contribution is -2.50. The van der Waals surface area contributed by atoms with Gasteiger partial charge in [0, 0.05) is 25.3 Å². The Morgan fingerprint density at radius 1 is 1.08 bits per heavy atom. The van der Waals surface area contributed by atoms with Crippen LogP contribution in [0, 0.1) is 11.6 Å². The van der Waals surface area contributed by atoms with Gasteiger partial charge in [-0.25, -0.2) is 13.8 Å². The average Bonchev–Trinajstić information content (AvgIpc) is 3.28. The van der Waals surface area contributed by atoms with E-state index in [0.29, 0.717) is 30.9 Å². The molecule has 184 valence electrons. The number of thiazole rings is 1. The number of para-hydroxylation sites is 1. The van der Waals surface area contributed by atoms with Gasteiger partial charge in [-0.15, -0.1) is 0 Å². The summed E-state index contributed by atoms with van der Waals surface area (Å²) < 4.78 is 35.9. The van der Waals surface area contributed by atoms with Gasteiger partial charge in [0.2, 0.25) is 5.91 Å². The molecule has 7 nitrogen and oxygen atoms in total. The molecule has 0 atom stereocenters. The number of carbonyl (C=O) groups is 2. The zero-order chi connectivity index (χ0) is 25.2. The highest BCUT2D eigenvalue weighted by atomic mass is 32.1. The van der Waals surface area contributed by atoms with Gasteiger partial charge < -0.3 is 14.5 Å². The van der Waals surface area contributed by atoms with Crippen molar-refractivity contribution in [1.29, 1.82) is 0 Å². The Bertz CT molecular complexity index is 1420. The summed E-state index contributed by atoms with van der Waals surface area (Å²) in [6.45, 7) is 1.30. The number of hydrogen-bond donors (Lipinski definition) is 1. The second-order valence-electron chi connectivity index (χ2n) is 8.29. The Labute approximate surface area is 209 Å². The molecule has 2 heterocycles. The van der Waals surface area contributed by atoms with E-state index in [1.165, 1.54) is 18.4 Å². The molecular formula is C26H22F2N4O3S. The Balaban J connectivity index is 1.30. The number of benzene rings is 3. The lowest BCUT2D eigenvalue weighted by atomic mass is 10.1. The number of amides is 2. The predicted molar refractivity (Wildman–Crippen MR) is 135 cm³/mol. The first kappa shape index (κ1) is 23.7. The maximum atomic E-state index is 14.9. The van der Waals surface area contributed by atoms with Crippen LogP contribution in [0.15, 0.2) is 60.7 Å². The van der Waals surface area contributed by atoms with Gasteiger partial charge in [0.15, 0.2) is 5.13 Å². The van der Waals surface area contributed by atoms with Crippen molar-refractivity contribution >= 4 is 44.2 Å². The summed E-state index contributed by atoms with van der Waals surface area (Å²) in [6.07, 6.45) is 0. The van der Waals surface area contributed by atoms with Crippen LogP contribution in [0.1, 0.15) is 15.9 Å². The normalized spacial score (nSPS) is 13.8. The third-order valence-corrected chi connectivity index (χ3v) is 6.91. The van der Waals surface area contributed by atoms with Crippen LogP contribution < -0.4 is 15.0 Å². The molecule has 36 heavy (non-hydrogen) atoms. The van der Waals surface area contributed by atoms with E-state index in [9.17, 15) is 18.4 Å². The Morgan fingerprint density at radius 2 is 1.83 bits per heavy atom. The summed E-state index contributed by atoms with van der Waals surface area (Å²) in [6, 6.07) is 17.1. The highest BCUT2D eigenvalue weighted by Crippen LogP contribution is 2.33. The lowest BCUT2D eigenvalue weighted by Gasteiger charge is -2.35. The van der Waals surface area contributed by atoms with Crippen LogP contribution in [0.2, 0.25) is 0 Å². The topological polar surface area (TPSA) is 74.8 Å². The van der Waals surface area contributed by atoms with E-state index in [1.807, 2.05) is 36.4 Å². The molecule has 5 rings (SSSR count). The minimum atomic E-state index is -1.01. The Kier molecular flexibility index (Phi) is 6.51. The molecule has 1 aliphatic heterocycles. The fourth-order valence-electron chi connectivity index (χ4n) is 4.16. The van der Waals surface area contributed by atoms with Gasteiger partial charge >= 0.3 is 0 Å². The van der Waals surface area contributed by atoms with Crippen molar-refractivity contribution in [3.05, 3.63) is 83.4 Å². The molecule has 1 fully saturated rings. The summed E-state index contributed by atoms with van der Waals surface area (Å²) in [7, 11) is 1.51. The number of aromatic nitrogens is 1. The van der Waals surface area contributed by atoms with E-state index < -0.39 is 23.1 Å². The van der Waals surface area contributed by atoms with Gasteiger partial charge in [0.25, 0.3) is 5.91 Å². The summed E-state index contributed by atoms with van der Waals surface area (Å²) in [4.78, 5) is 33.0. The van der Waals surface area contributed by atoms with Crippen molar-refractivity contribution in [2.75, 3.05) is 37.0 Å². The van der Waals surface area contributed by atoms with Crippen molar-refractivity contribution in [2.45, 2.75) is 6.54 Å². The molecule has 0 radical (unpaired) electrons. The average molecular weight is 509 g/mol. The number of ether oxygens (including phenoxy) is 1. The highest BCUT2D eigenvalue weighted by molar-refractivity contribution is 7.22. The summed E-state index contributed by atoms with van der Waals surface area (Å²) >= 11 is 1.17. The molecule has 2 amide bonds. The first-order valence-electron chi connectivity index (χ1n) is 11.2. The first-order chi connectivity index (χ1) is 17.4. The quantitative estimate of drug-likeness (QED) is 0.409. The van der Waals surface area contributed by atoms with Crippen molar-refractivity contribution in [1.82, 2.24) is 9.88 Å². The van der Waals surface area contributed by atoms with E-state index in [4.69, 9.17) is 4.74 Å². The molecule has 0 bridgehead atoms. The fourth-order valence-corrected chi connectivity index (χ4v) is 5.04. The number of fused-ring (bicyclic) bond motifs is 1. The number of piperazine rings is 1. The van der Waals surface area contributed by atoms with Crippen molar-refractivity contribution in [3.8, 4) is 5.75 Å². The maximum Gasteiger partial charge on any atom is 0.263 e. The molecule has 0 spiro atoms. The van der Waals surface area contributed by atoms with Gasteiger partial charge in [-0.05, 0) is 29.8 Å². The number of nitrogens with one attached hydrogen (secondary N) is 1. The highest BCUT2D eigenvalue weighted by Gasteiger charge is 2.27. The first-order valence-corrected chi connectivity index (χ1v) is 12.0. The number of hydrogen-bond acceptors (Lipinski definition) is 6. The predicted octanol–water partition coefficient (Wildman–Crippen LogP) is 4.68. The number of nitrogens with zero attached hydrogens (tertiary/aromatic N) is 3. The van der Waals surface area contributed by atoms with Gasteiger partial charge in [-0.2, -0.15) is 0 Å². The van der Waals surface area contributed by atoms with E-state index in [2.05, 4.69) is 10.3 Å². The molecular weight excluding hydrogens is 486 g/mol. The molecule has 4 aromatic rings. The smallest absolute Gasteiger partial charge is 0.263 e. The number of methoxy groups -OCH3 is 1. The van der Waals surface area contributed by atoms with E-state index in [1.54, 1.807) is 21.9 Å². The molecule has 3 aromatic carbocycles. The van der Waals surface area contributed by atoms with Crippen LogP contribution in [-0.4, -0.2) is 48.4 Å². The molecule has 0 aliphatic carbocycles. The summed E-state index contributed by atoms with van der Waals surface area (Å²) in [5, 5.41) is 2.67. The zero-order valence-corrected chi connectivity index (χ0v) is 20.1. The standard InChI is InChI=1S/C26H22F2N4O3S/c1-35-20-8-5-9-21-24(20)29-26(36-21)30-25(34)23-18(27)12-17(13-19(23)28)31-10-11-32(22(33)15-31)14-16-6-3-2-4-7-16/h2-9,12-13H,10-11,14-15H2,1H3,(H,29,30,34). The Morgan fingerprint density at radius 3 is 2.53 bits per heavy atom. The van der Waals surface area contributed by atoms with Gasteiger partial charge in [0.1, 0.15) is 28.5 Å². The fraction of sp³-hybridized carbons (Fsp3) is 0.192. The second-order valence-corrected chi connectivity index (χ2v) is 9.32. The molecule has 1 aliphatic rings. The molecule has 1 aromatic heterocycles. The van der Waals surface area contributed by atoms with Crippen LogP contribution in [-0.2, 0) is 11.3 Å². The van der Waals surface area contributed by atoms with Crippen LogP contribution in [0.25, 0.3) is 10.2 Å². The number of rotatable bonds is 6. The van der Waals surface area contributed by atoms with Crippen LogP contribution in [0.3, 0.4) is 0 Å². The largest absolute Gasteiger partial charge is 0.494 e. The van der Waals surface area contributed by atoms with Crippen molar-refractivity contribution in [2.24, 2.45) is 0 Å². The molecule has 0 saturated carbocycles. The number of carbonyl (C=O) groups excluding carboxylic acids is 2. The molecule has 1 N–H and O–H groups in total. The third kappa shape index (κ3) is 4.72. The molecule has 0 unspecified atom stereocenters.